The van der Waals surface area contributed by atoms with Gasteiger partial charge >= 0.3 is 11.9 Å². The van der Waals surface area contributed by atoms with Crippen molar-refractivity contribution >= 4 is 17.7 Å². The quantitative estimate of drug-likeness (QED) is 0.699. The molecule has 2 heterocycles. The number of hydrogen-bond acceptors (Lipinski definition) is 6. The Morgan fingerprint density at radius 3 is 2.15 bits per heavy atom. The number of carbonyl (C=O) groups is 3. The van der Waals surface area contributed by atoms with Crippen LogP contribution in [0.3, 0.4) is 0 Å². The van der Waals surface area contributed by atoms with Crippen molar-refractivity contribution in [3.63, 3.8) is 0 Å². The van der Waals surface area contributed by atoms with Gasteiger partial charge in [-0.3, -0.25) is 4.79 Å². The molecule has 0 aromatic carbocycles. The number of hydrogen-bond donors (Lipinski definition) is 0. The molecule has 0 aliphatic carbocycles. The normalized spacial score (nSPS) is 27.9. The zero-order valence-electron chi connectivity index (χ0n) is 11.4. The molecule has 2 atom stereocenters. The highest BCUT2D eigenvalue weighted by molar-refractivity contribution is 6.14. The summed E-state index contributed by atoms with van der Waals surface area (Å²) in [5, 5.41) is 0. The largest absolute Gasteiger partial charge is 0.466 e. The maximum atomic E-state index is 12.0. The molecule has 2 unspecified atom stereocenters. The van der Waals surface area contributed by atoms with E-state index in [4.69, 9.17) is 4.74 Å². The molecule has 2 aliphatic rings. The molecule has 2 bridgehead atoms. The Morgan fingerprint density at radius 1 is 1.15 bits per heavy atom. The lowest BCUT2D eigenvalue weighted by Crippen LogP contribution is -2.42. The van der Waals surface area contributed by atoms with Crippen LogP contribution in [-0.2, 0) is 28.6 Å². The molecule has 1 saturated heterocycles. The first-order valence-corrected chi connectivity index (χ1v) is 5.81. The Hall–Kier alpha value is -2.21. The van der Waals surface area contributed by atoms with E-state index in [1.807, 2.05) is 0 Å². The van der Waals surface area contributed by atoms with Gasteiger partial charge in [0.05, 0.1) is 25.4 Å². The molecule has 1 fully saturated rings. The van der Waals surface area contributed by atoms with Crippen LogP contribution in [0.5, 0.6) is 0 Å². The van der Waals surface area contributed by atoms with Crippen LogP contribution in [0.25, 0.3) is 0 Å². The van der Waals surface area contributed by atoms with Gasteiger partial charge in [0.15, 0.2) is 11.4 Å². The van der Waals surface area contributed by atoms with Crippen molar-refractivity contribution in [3.8, 4) is 0 Å². The van der Waals surface area contributed by atoms with Crippen molar-refractivity contribution in [2.45, 2.75) is 18.6 Å². The van der Waals surface area contributed by atoms with Crippen LogP contribution in [0.15, 0.2) is 35.5 Å². The first-order valence-electron chi connectivity index (χ1n) is 5.81. The SMILES string of the molecule is C=C1C(=C)C2(C(C)=O)OC1C(C(=O)OC)=C2C(=O)OC. The van der Waals surface area contributed by atoms with Gasteiger partial charge in [-0.15, -0.1) is 0 Å². The molecule has 0 spiro atoms. The Morgan fingerprint density at radius 2 is 1.70 bits per heavy atom. The van der Waals surface area contributed by atoms with E-state index in [2.05, 4.69) is 22.6 Å². The third-order valence-corrected chi connectivity index (χ3v) is 3.60. The summed E-state index contributed by atoms with van der Waals surface area (Å²) in [6, 6.07) is 0. The van der Waals surface area contributed by atoms with Crippen LogP contribution in [0, 0.1) is 0 Å². The van der Waals surface area contributed by atoms with Crippen LogP contribution in [0.4, 0.5) is 0 Å². The predicted octanol–water partition coefficient (Wildman–Crippen LogP) is 0.482. The van der Waals surface area contributed by atoms with E-state index in [0.717, 1.165) is 7.11 Å². The second-order valence-corrected chi connectivity index (χ2v) is 4.51. The van der Waals surface area contributed by atoms with Gasteiger partial charge in [0.25, 0.3) is 0 Å². The van der Waals surface area contributed by atoms with Gasteiger partial charge in [-0.05, 0) is 18.1 Å². The summed E-state index contributed by atoms with van der Waals surface area (Å²) in [7, 11) is 2.33. The topological polar surface area (TPSA) is 78.9 Å². The van der Waals surface area contributed by atoms with Crippen molar-refractivity contribution in [2.24, 2.45) is 0 Å². The summed E-state index contributed by atoms with van der Waals surface area (Å²) in [6.07, 6.45) is -0.909. The van der Waals surface area contributed by atoms with Gasteiger partial charge in [0.1, 0.15) is 6.10 Å². The third kappa shape index (κ3) is 1.45. The lowest BCUT2D eigenvalue weighted by Gasteiger charge is -2.26. The molecule has 106 valence electrons. The molecular weight excluding hydrogens is 264 g/mol. The molecule has 0 radical (unpaired) electrons. The number of esters is 2. The molecule has 0 amide bonds. The first-order chi connectivity index (χ1) is 9.32. The zero-order valence-corrected chi connectivity index (χ0v) is 11.4. The van der Waals surface area contributed by atoms with Gasteiger partial charge < -0.3 is 14.2 Å². The smallest absolute Gasteiger partial charge is 0.338 e. The van der Waals surface area contributed by atoms with Gasteiger partial charge in [0, 0.05) is 0 Å². The molecule has 2 aliphatic heterocycles. The molecule has 20 heavy (non-hydrogen) atoms. The Bertz CT molecular complexity index is 597. The van der Waals surface area contributed by atoms with Gasteiger partial charge in [-0.25, -0.2) is 9.59 Å². The molecule has 0 aromatic rings. The van der Waals surface area contributed by atoms with Crippen molar-refractivity contribution < 1.29 is 28.6 Å². The molecular formula is C14H14O6. The number of methoxy groups -OCH3 is 2. The second-order valence-electron chi connectivity index (χ2n) is 4.51. The molecule has 0 saturated carbocycles. The van der Waals surface area contributed by atoms with Crippen molar-refractivity contribution in [3.05, 3.63) is 35.5 Å². The van der Waals surface area contributed by atoms with Crippen LogP contribution in [-0.4, -0.2) is 43.6 Å². The van der Waals surface area contributed by atoms with E-state index < -0.39 is 29.4 Å². The number of ether oxygens (including phenoxy) is 3. The van der Waals surface area contributed by atoms with Crippen LogP contribution in [0.2, 0.25) is 0 Å². The van der Waals surface area contributed by atoms with Crippen molar-refractivity contribution in [1.29, 1.82) is 0 Å². The summed E-state index contributed by atoms with van der Waals surface area (Å²) in [4.78, 5) is 36.0. The highest BCUT2D eigenvalue weighted by Crippen LogP contribution is 2.53. The fraction of sp³-hybridized carbons (Fsp3) is 0.357. The minimum atomic E-state index is -1.70. The lowest BCUT2D eigenvalue weighted by atomic mass is 9.74. The Balaban J connectivity index is 2.78. The second kappa shape index (κ2) is 4.42. The fourth-order valence-electron chi connectivity index (χ4n) is 2.61. The third-order valence-electron chi connectivity index (χ3n) is 3.60. The van der Waals surface area contributed by atoms with Gasteiger partial charge in [0.2, 0.25) is 0 Å². The number of carbonyl (C=O) groups excluding carboxylic acids is 3. The summed E-state index contributed by atoms with van der Waals surface area (Å²) in [5.41, 5.74) is -1.26. The molecule has 0 N–H and O–H groups in total. The predicted molar refractivity (Wildman–Crippen MR) is 67.6 cm³/mol. The molecule has 0 aromatic heterocycles. The minimum absolute atomic E-state index is 0.0491. The molecule has 6 heteroatoms. The highest BCUT2D eigenvalue weighted by Gasteiger charge is 2.64. The van der Waals surface area contributed by atoms with Gasteiger partial charge in [-0.2, -0.15) is 0 Å². The van der Waals surface area contributed by atoms with Gasteiger partial charge in [-0.1, -0.05) is 13.2 Å². The van der Waals surface area contributed by atoms with E-state index in [0.29, 0.717) is 5.57 Å². The lowest BCUT2D eigenvalue weighted by molar-refractivity contribution is -0.142. The maximum Gasteiger partial charge on any atom is 0.338 e. The number of ketones is 1. The molecule has 2 rings (SSSR count). The average molecular weight is 278 g/mol. The monoisotopic (exact) mass is 278 g/mol. The van der Waals surface area contributed by atoms with E-state index in [1.54, 1.807) is 0 Å². The van der Waals surface area contributed by atoms with E-state index in [9.17, 15) is 14.4 Å². The number of rotatable bonds is 3. The number of fused-ring (bicyclic) bond motifs is 2. The summed E-state index contributed by atoms with van der Waals surface area (Å²) >= 11 is 0. The first kappa shape index (κ1) is 14.2. The van der Waals surface area contributed by atoms with Crippen molar-refractivity contribution in [1.82, 2.24) is 0 Å². The summed E-state index contributed by atoms with van der Waals surface area (Å²) in [5.74, 6) is -2.05. The number of Topliss-reactive ketones (excluding diaryl/α,β-unsaturated/α-hetero) is 1. The zero-order chi connectivity index (χ0) is 15.2. The van der Waals surface area contributed by atoms with E-state index >= 15 is 0 Å². The van der Waals surface area contributed by atoms with E-state index in [-0.39, 0.29) is 16.7 Å². The van der Waals surface area contributed by atoms with Crippen LogP contribution in [0.1, 0.15) is 6.92 Å². The standard InChI is InChI=1S/C14H14O6/c1-6-7(2)14(8(3)15)10(13(17)19-5)9(11(6)20-14)12(16)18-4/h11H,1-2H2,3-5H3. The average Bonchev–Trinajstić information content (AvgIpc) is 2.91. The van der Waals surface area contributed by atoms with E-state index in [1.165, 1.54) is 14.0 Å². The fourth-order valence-corrected chi connectivity index (χ4v) is 2.61. The molecule has 6 nitrogen and oxygen atoms in total. The minimum Gasteiger partial charge on any atom is -0.466 e. The highest BCUT2D eigenvalue weighted by atomic mass is 16.6. The Labute approximate surface area is 115 Å². The summed E-state index contributed by atoms with van der Waals surface area (Å²) in [6.45, 7) is 8.77. The van der Waals surface area contributed by atoms with Crippen LogP contribution < -0.4 is 0 Å². The summed E-state index contributed by atoms with van der Waals surface area (Å²) < 4.78 is 14.9. The van der Waals surface area contributed by atoms with Crippen molar-refractivity contribution in [2.75, 3.05) is 14.2 Å². The van der Waals surface area contributed by atoms with Crippen LogP contribution >= 0.6 is 0 Å². The Kier molecular flexibility index (Phi) is 3.14. The maximum absolute atomic E-state index is 12.0.